The summed E-state index contributed by atoms with van der Waals surface area (Å²) >= 11 is 0. The van der Waals surface area contributed by atoms with Crippen LogP contribution < -0.4 is 21.3 Å². The van der Waals surface area contributed by atoms with E-state index in [4.69, 9.17) is 0 Å². The van der Waals surface area contributed by atoms with Gasteiger partial charge < -0.3 is 26.2 Å². The number of unbranched alkanes of at least 4 members (excludes halogenated alkanes) is 1. The summed E-state index contributed by atoms with van der Waals surface area (Å²) < 4.78 is 26.3. The minimum Gasteiger partial charge on any atom is -0.346 e. The van der Waals surface area contributed by atoms with Gasteiger partial charge in [-0.2, -0.15) is 0 Å². The van der Waals surface area contributed by atoms with Gasteiger partial charge in [0.15, 0.2) is 9.84 Å². The molecule has 280 valence electrons. The Kier molecular flexibility index (Phi) is 12.0. The second kappa shape index (κ2) is 15.7. The molecule has 2 aliphatic heterocycles. The molecule has 0 bridgehead atoms. The number of amides is 5. The standard InChI is InChI=1S/C37H59N5O7S/c1-5-7-17-26(31(43)33(45)38-21-6-2)39-32(44)30-28-25(36(28,3)4)23-42(30)34(46)29(24-15-10-8-11-16-24)40-35(47)41-37(19-12-9-13-20-37)27-18-14-22-50(27,48)49/h6,24-30H,2,5,7-23H2,1,3-4H3,(H,38,45)(H,39,44)(H2,40,41,47)/t25-,26-,27-,28-,29-,30-/m0/s1. The van der Waals surface area contributed by atoms with Gasteiger partial charge in [-0.1, -0.05) is 78.2 Å². The second-order valence-electron chi connectivity index (χ2n) is 16.1. The molecule has 50 heavy (non-hydrogen) atoms. The summed E-state index contributed by atoms with van der Waals surface area (Å²) in [6.45, 7) is 10.2. The van der Waals surface area contributed by atoms with Gasteiger partial charge in [0.1, 0.15) is 12.1 Å². The van der Waals surface area contributed by atoms with Crippen molar-refractivity contribution in [2.75, 3.05) is 18.8 Å². The lowest BCUT2D eigenvalue weighted by Crippen LogP contribution is -2.64. The molecule has 3 saturated carbocycles. The zero-order valence-corrected chi connectivity index (χ0v) is 31.1. The van der Waals surface area contributed by atoms with Crippen molar-refractivity contribution in [2.24, 2.45) is 23.2 Å². The zero-order chi connectivity index (χ0) is 36.3. The number of ketones is 1. The number of hydrogen-bond acceptors (Lipinski definition) is 7. The molecule has 5 rings (SSSR count). The number of piperidine rings is 1. The third kappa shape index (κ3) is 7.92. The zero-order valence-electron chi connectivity index (χ0n) is 30.3. The van der Waals surface area contributed by atoms with Gasteiger partial charge in [-0.3, -0.25) is 19.2 Å². The molecule has 12 nitrogen and oxygen atoms in total. The van der Waals surface area contributed by atoms with Crippen molar-refractivity contribution < 1.29 is 32.4 Å². The fraction of sp³-hybridized carbons (Fsp3) is 0.811. The number of Topliss-reactive ketones (excluding diaryl/α,β-unsaturated/α-hetero) is 1. The number of nitrogens with zero attached hydrogens (tertiary/aromatic N) is 1. The Morgan fingerprint density at radius 2 is 1.62 bits per heavy atom. The number of carbonyl (C=O) groups excluding carboxylic acids is 5. The Morgan fingerprint density at radius 1 is 0.940 bits per heavy atom. The lowest BCUT2D eigenvalue weighted by atomic mass is 9.78. The van der Waals surface area contributed by atoms with E-state index in [1.807, 2.05) is 6.92 Å². The first-order valence-electron chi connectivity index (χ1n) is 19.1. The highest BCUT2D eigenvalue weighted by Crippen LogP contribution is 2.65. The Morgan fingerprint density at radius 3 is 2.24 bits per heavy atom. The molecule has 0 spiro atoms. The first-order valence-corrected chi connectivity index (χ1v) is 20.8. The molecule has 2 saturated heterocycles. The van der Waals surface area contributed by atoms with Crippen LogP contribution in [-0.4, -0.2) is 90.6 Å². The molecule has 0 radical (unpaired) electrons. The van der Waals surface area contributed by atoms with Gasteiger partial charge in [0.25, 0.3) is 5.91 Å². The van der Waals surface area contributed by atoms with Crippen LogP contribution in [0.25, 0.3) is 0 Å². The van der Waals surface area contributed by atoms with Gasteiger partial charge in [-0.15, -0.1) is 6.58 Å². The van der Waals surface area contributed by atoms with E-state index in [-0.39, 0.29) is 41.4 Å². The monoisotopic (exact) mass is 717 g/mol. The quantitative estimate of drug-likeness (QED) is 0.157. The Bertz CT molecular complexity index is 1420. The number of fused-ring (bicyclic) bond motifs is 1. The van der Waals surface area contributed by atoms with E-state index < -0.39 is 62.4 Å². The minimum atomic E-state index is -3.35. The van der Waals surface area contributed by atoms with Crippen LogP contribution in [0.3, 0.4) is 0 Å². The lowest BCUT2D eigenvalue weighted by Gasteiger charge is -2.43. The molecule has 4 N–H and O–H groups in total. The predicted molar refractivity (Wildman–Crippen MR) is 191 cm³/mol. The lowest BCUT2D eigenvalue weighted by molar-refractivity contribution is -0.144. The molecule has 3 aliphatic carbocycles. The number of hydrogen-bond donors (Lipinski definition) is 4. The number of urea groups is 1. The molecular weight excluding hydrogens is 659 g/mol. The first kappa shape index (κ1) is 38.3. The molecule has 13 heteroatoms. The summed E-state index contributed by atoms with van der Waals surface area (Å²) in [6, 6.07) is -3.28. The SMILES string of the molecule is C=CCNC(=O)C(=O)[C@H](CCCC)NC(=O)[C@@H]1[C@@H]2[C@H](CN1C(=O)[C@@H](NC(=O)NC1([C@@H]3CCCS3(=O)=O)CCCCC1)C1CCCCC1)C2(C)C. The van der Waals surface area contributed by atoms with Gasteiger partial charge in [-0.25, -0.2) is 13.2 Å². The second-order valence-corrected chi connectivity index (χ2v) is 18.4. The minimum absolute atomic E-state index is 0.0850. The van der Waals surface area contributed by atoms with E-state index in [9.17, 15) is 32.4 Å². The number of likely N-dealkylation sites (tertiary alicyclic amines) is 1. The van der Waals surface area contributed by atoms with E-state index in [1.54, 1.807) is 4.90 Å². The maximum atomic E-state index is 14.7. The van der Waals surface area contributed by atoms with Gasteiger partial charge in [-0.05, 0) is 68.1 Å². The van der Waals surface area contributed by atoms with Gasteiger partial charge >= 0.3 is 6.03 Å². The molecule has 5 amide bonds. The molecule has 0 unspecified atom stereocenters. The molecule has 5 fully saturated rings. The highest BCUT2D eigenvalue weighted by molar-refractivity contribution is 7.92. The third-order valence-corrected chi connectivity index (χ3v) is 15.0. The molecule has 0 aromatic carbocycles. The fourth-order valence-corrected chi connectivity index (χ4v) is 12.1. The summed E-state index contributed by atoms with van der Waals surface area (Å²) in [6.07, 6.45) is 12.5. The van der Waals surface area contributed by atoms with Crippen molar-refractivity contribution in [1.29, 1.82) is 0 Å². The molecule has 6 atom stereocenters. The van der Waals surface area contributed by atoms with Crippen LogP contribution >= 0.6 is 0 Å². The van der Waals surface area contributed by atoms with Crippen molar-refractivity contribution in [3.8, 4) is 0 Å². The fourth-order valence-electron chi connectivity index (χ4n) is 9.71. The topological polar surface area (TPSA) is 171 Å². The normalized spacial score (nSPS) is 29.1. The van der Waals surface area contributed by atoms with E-state index >= 15 is 0 Å². The van der Waals surface area contributed by atoms with Gasteiger partial charge in [0.05, 0.1) is 22.6 Å². The summed E-state index contributed by atoms with van der Waals surface area (Å²) in [4.78, 5) is 70.2. The maximum Gasteiger partial charge on any atom is 0.315 e. The van der Waals surface area contributed by atoms with Crippen molar-refractivity contribution in [3.05, 3.63) is 12.7 Å². The van der Waals surface area contributed by atoms with E-state index in [2.05, 4.69) is 41.7 Å². The van der Waals surface area contributed by atoms with Crippen molar-refractivity contribution in [1.82, 2.24) is 26.2 Å². The van der Waals surface area contributed by atoms with Crippen molar-refractivity contribution in [2.45, 2.75) is 146 Å². The van der Waals surface area contributed by atoms with Crippen LogP contribution in [0.1, 0.15) is 117 Å². The van der Waals surface area contributed by atoms with Crippen LogP contribution in [-0.2, 0) is 29.0 Å². The number of nitrogens with one attached hydrogen (secondary N) is 4. The van der Waals surface area contributed by atoms with Gasteiger partial charge in [0.2, 0.25) is 17.6 Å². The number of rotatable bonds is 14. The van der Waals surface area contributed by atoms with Crippen molar-refractivity contribution >= 4 is 39.4 Å². The van der Waals surface area contributed by atoms with Crippen LogP contribution in [0.4, 0.5) is 4.79 Å². The molecular formula is C37H59N5O7S. The van der Waals surface area contributed by atoms with Crippen LogP contribution in [0.15, 0.2) is 12.7 Å². The summed E-state index contributed by atoms with van der Waals surface area (Å²) in [5.74, 6) is -2.32. The largest absolute Gasteiger partial charge is 0.346 e. The summed E-state index contributed by atoms with van der Waals surface area (Å²) in [7, 11) is -3.35. The highest BCUT2D eigenvalue weighted by atomic mass is 32.2. The average molecular weight is 718 g/mol. The molecule has 0 aromatic heterocycles. The Balaban J connectivity index is 1.37. The van der Waals surface area contributed by atoms with Crippen LogP contribution in [0, 0.1) is 23.2 Å². The van der Waals surface area contributed by atoms with E-state index in [0.29, 0.717) is 45.1 Å². The number of sulfone groups is 1. The van der Waals surface area contributed by atoms with Crippen LogP contribution in [0.5, 0.6) is 0 Å². The van der Waals surface area contributed by atoms with E-state index in [1.165, 1.54) is 6.08 Å². The highest BCUT2D eigenvalue weighted by Gasteiger charge is 2.70. The molecule has 2 heterocycles. The van der Waals surface area contributed by atoms with Crippen molar-refractivity contribution in [3.63, 3.8) is 0 Å². The Labute approximate surface area is 298 Å². The molecule has 5 aliphatic rings. The maximum absolute atomic E-state index is 14.7. The van der Waals surface area contributed by atoms with Gasteiger partial charge in [0, 0.05) is 13.1 Å². The predicted octanol–water partition coefficient (Wildman–Crippen LogP) is 3.54. The number of carbonyl (C=O) groups is 5. The molecule has 0 aromatic rings. The van der Waals surface area contributed by atoms with Crippen LogP contribution in [0.2, 0.25) is 0 Å². The van der Waals surface area contributed by atoms with E-state index in [0.717, 1.165) is 57.8 Å². The third-order valence-electron chi connectivity index (χ3n) is 12.6. The Hall–Kier alpha value is -2.96. The summed E-state index contributed by atoms with van der Waals surface area (Å²) in [5.41, 5.74) is -1.05. The smallest absolute Gasteiger partial charge is 0.315 e. The first-order chi connectivity index (χ1) is 23.8. The summed E-state index contributed by atoms with van der Waals surface area (Å²) in [5, 5.41) is 10.9. The average Bonchev–Trinajstić information content (AvgIpc) is 3.40.